The molecule has 0 spiro atoms. The summed E-state index contributed by atoms with van der Waals surface area (Å²) in [5, 5.41) is 21.4. The Kier molecular flexibility index (Phi) is 40.6. The van der Waals surface area contributed by atoms with Crippen molar-refractivity contribution in [1.82, 2.24) is 10.6 Å². The number of carboxylic acids is 2. The SMILES string of the molecule is C=CCCCCCCCCC(=O)NCCOC(=O)C(CC(=O)[O-])S(=O)(=O)O.C=CCCCCCCCCC(=O)NCCOC(=O)C(CC(=O)[O-])S(=O)(=O)O.[Na+].[Na+]. The molecule has 0 aliphatic heterocycles. The number of amides is 2. The standard InChI is InChI=1S/2C17H29NO8S.2Na/c2*1-2-3-4-5-6-7-8-9-10-15(19)18-11-12-26-17(22)14(13-16(20)21)27(23,24)25;;/h2*2,14H,1,3-13H2,(H,18,19)(H,20,21)(H,23,24,25);;/q;;2*+1/p-2. The summed E-state index contributed by atoms with van der Waals surface area (Å²) in [5.74, 6) is -6.90. The molecule has 0 aromatic heterocycles. The Bertz CT molecular complexity index is 1290. The van der Waals surface area contributed by atoms with Gasteiger partial charge in [-0.2, -0.15) is 16.8 Å². The summed E-state index contributed by atoms with van der Waals surface area (Å²) in [4.78, 5) is 67.2. The normalized spacial score (nSPS) is 11.8. The number of aliphatic carboxylic acids is 2. The molecule has 56 heavy (non-hydrogen) atoms. The van der Waals surface area contributed by atoms with Crippen molar-refractivity contribution in [2.24, 2.45) is 0 Å². The van der Waals surface area contributed by atoms with E-state index in [0.29, 0.717) is 12.8 Å². The fraction of sp³-hybridized carbons (Fsp3) is 0.706. The molecule has 0 aromatic carbocycles. The smallest absolute Gasteiger partial charge is 0.550 e. The number of nitrogens with one attached hydrogen (secondary N) is 2. The summed E-state index contributed by atoms with van der Waals surface area (Å²) in [6.07, 6.45) is 16.3. The predicted molar refractivity (Wildman–Crippen MR) is 192 cm³/mol. The maximum absolute atomic E-state index is 11.6. The molecule has 18 nitrogen and oxygen atoms in total. The van der Waals surface area contributed by atoms with Gasteiger partial charge in [0.1, 0.15) is 13.2 Å². The second-order valence-corrected chi connectivity index (χ2v) is 15.3. The molecular formula is C34H56N2Na2O16S2. The average Bonchev–Trinajstić information content (AvgIpc) is 3.07. The Labute approximate surface area is 374 Å². The zero-order chi connectivity index (χ0) is 41.4. The van der Waals surface area contributed by atoms with Crippen molar-refractivity contribution < 1.29 is 134 Å². The molecule has 0 fully saturated rings. The molecule has 2 unspecified atom stereocenters. The molecule has 312 valence electrons. The first-order valence-electron chi connectivity index (χ1n) is 17.8. The average molecular weight is 859 g/mol. The van der Waals surface area contributed by atoms with Gasteiger partial charge in [0.15, 0.2) is 10.5 Å². The van der Waals surface area contributed by atoms with E-state index < -0.39 is 67.5 Å². The second-order valence-electron chi connectivity index (χ2n) is 12.1. The number of unbranched alkanes of at least 4 members (excludes halogenated alkanes) is 12. The predicted octanol–water partition coefficient (Wildman–Crippen LogP) is -5.29. The maximum Gasteiger partial charge on any atom is 1.00 e. The zero-order valence-electron chi connectivity index (χ0n) is 32.7. The van der Waals surface area contributed by atoms with Crippen LogP contribution in [-0.4, -0.2) is 98.4 Å². The van der Waals surface area contributed by atoms with Gasteiger partial charge in [0.25, 0.3) is 20.2 Å². The molecule has 0 rings (SSSR count). The number of hydrogen-bond donors (Lipinski definition) is 4. The van der Waals surface area contributed by atoms with Crippen LogP contribution >= 0.6 is 0 Å². The van der Waals surface area contributed by atoms with Crippen molar-refractivity contribution in [2.75, 3.05) is 26.3 Å². The van der Waals surface area contributed by atoms with Gasteiger partial charge in [0.2, 0.25) is 11.8 Å². The fourth-order valence-corrected chi connectivity index (χ4v) is 5.85. The molecule has 2 atom stereocenters. The number of allylic oxidation sites excluding steroid dienone is 2. The third-order valence-corrected chi connectivity index (χ3v) is 9.57. The molecule has 0 bridgehead atoms. The van der Waals surface area contributed by atoms with Crippen LogP contribution in [0, 0.1) is 0 Å². The van der Waals surface area contributed by atoms with Gasteiger partial charge in [-0.1, -0.05) is 63.5 Å². The van der Waals surface area contributed by atoms with Gasteiger partial charge in [-0.25, -0.2) is 0 Å². The van der Waals surface area contributed by atoms with Gasteiger partial charge in [0.05, 0.1) is 13.1 Å². The summed E-state index contributed by atoms with van der Waals surface area (Å²) < 4.78 is 70.8. The summed E-state index contributed by atoms with van der Waals surface area (Å²) in [6, 6.07) is 0. The molecule has 22 heteroatoms. The first kappa shape index (κ1) is 60.8. The van der Waals surface area contributed by atoms with Gasteiger partial charge in [0, 0.05) is 37.6 Å². The van der Waals surface area contributed by atoms with Crippen LogP contribution in [0.3, 0.4) is 0 Å². The Balaban J connectivity index is -0.000000466. The maximum atomic E-state index is 11.6. The number of rotatable bonds is 32. The van der Waals surface area contributed by atoms with Crippen molar-refractivity contribution in [1.29, 1.82) is 0 Å². The van der Waals surface area contributed by atoms with Gasteiger partial charge in [-0.3, -0.25) is 28.3 Å². The molecule has 0 saturated carbocycles. The van der Waals surface area contributed by atoms with Crippen molar-refractivity contribution in [2.45, 2.75) is 126 Å². The Hall–Kier alpha value is -1.88. The molecule has 0 aliphatic carbocycles. The number of hydrogen-bond acceptors (Lipinski definition) is 14. The third-order valence-electron chi connectivity index (χ3n) is 7.41. The van der Waals surface area contributed by atoms with E-state index in [0.717, 1.165) is 89.9 Å². The van der Waals surface area contributed by atoms with E-state index >= 15 is 0 Å². The molecule has 0 saturated heterocycles. The first-order chi connectivity index (χ1) is 25.4. The summed E-state index contributed by atoms with van der Waals surface area (Å²) >= 11 is 0. The van der Waals surface area contributed by atoms with Crippen LogP contribution in [0.2, 0.25) is 0 Å². The Morgan fingerprint density at radius 3 is 1.11 bits per heavy atom. The van der Waals surface area contributed by atoms with Crippen LogP contribution in [0.4, 0.5) is 0 Å². The first-order valence-corrected chi connectivity index (χ1v) is 20.8. The molecule has 0 aromatic rings. The molecule has 4 N–H and O–H groups in total. The number of carbonyl (C=O) groups excluding carboxylic acids is 6. The largest absolute Gasteiger partial charge is 1.00 e. The summed E-state index contributed by atoms with van der Waals surface area (Å²) in [7, 11) is -9.85. The number of carboxylic acid groups (broad SMARTS) is 2. The van der Waals surface area contributed by atoms with Crippen molar-refractivity contribution in [3.63, 3.8) is 0 Å². The van der Waals surface area contributed by atoms with Crippen LogP contribution in [0.5, 0.6) is 0 Å². The minimum atomic E-state index is -4.93. The van der Waals surface area contributed by atoms with Gasteiger partial charge >= 0.3 is 71.1 Å². The molecule has 0 aliphatic rings. The third kappa shape index (κ3) is 37.7. The van der Waals surface area contributed by atoms with Crippen LogP contribution in [-0.2, 0) is 58.5 Å². The second kappa shape index (κ2) is 37.4. The minimum Gasteiger partial charge on any atom is -0.550 e. The molecule has 0 radical (unpaired) electrons. The molecule has 0 heterocycles. The van der Waals surface area contributed by atoms with E-state index in [-0.39, 0.29) is 97.2 Å². The van der Waals surface area contributed by atoms with E-state index in [9.17, 15) is 55.8 Å². The quantitative estimate of drug-likeness (QED) is 0.0162. The van der Waals surface area contributed by atoms with Gasteiger partial charge in [-0.05, 0) is 38.5 Å². The molecular weight excluding hydrogens is 802 g/mol. The van der Waals surface area contributed by atoms with E-state index in [1.54, 1.807) is 0 Å². The number of esters is 2. The fourth-order valence-electron chi connectivity index (χ4n) is 4.53. The van der Waals surface area contributed by atoms with Crippen LogP contribution in [0.25, 0.3) is 0 Å². The van der Waals surface area contributed by atoms with Crippen molar-refractivity contribution in [3.05, 3.63) is 25.3 Å². The van der Waals surface area contributed by atoms with Crippen molar-refractivity contribution >= 4 is 55.9 Å². The van der Waals surface area contributed by atoms with E-state index in [1.807, 2.05) is 12.2 Å². The van der Waals surface area contributed by atoms with Gasteiger partial charge in [-0.15, -0.1) is 13.2 Å². The van der Waals surface area contributed by atoms with Gasteiger partial charge < -0.3 is 39.9 Å². The zero-order valence-corrected chi connectivity index (χ0v) is 38.3. The van der Waals surface area contributed by atoms with E-state index in [1.165, 1.54) is 0 Å². The Morgan fingerprint density at radius 2 is 0.839 bits per heavy atom. The van der Waals surface area contributed by atoms with E-state index in [2.05, 4.69) is 33.3 Å². The van der Waals surface area contributed by atoms with Crippen LogP contribution < -0.4 is 80.0 Å². The summed E-state index contributed by atoms with van der Waals surface area (Å²) in [5.41, 5.74) is 0. The number of carbonyl (C=O) groups is 6. The molecule has 2 amide bonds. The number of ether oxygens (including phenoxy) is 2. The van der Waals surface area contributed by atoms with Crippen LogP contribution in [0.1, 0.15) is 116 Å². The Morgan fingerprint density at radius 1 is 0.554 bits per heavy atom. The van der Waals surface area contributed by atoms with Crippen LogP contribution in [0.15, 0.2) is 25.3 Å². The monoisotopic (exact) mass is 858 g/mol. The summed E-state index contributed by atoms with van der Waals surface area (Å²) in [6.45, 7) is 6.55. The topological polar surface area (TPSA) is 300 Å². The van der Waals surface area contributed by atoms with Crippen molar-refractivity contribution in [3.8, 4) is 0 Å². The van der Waals surface area contributed by atoms with E-state index in [4.69, 9.17) is 9.11 Å². The minimum absolute atomic E-state index is 0.